The zero-order chi connectivity index (χ0) is 18.4. The molecule has 2 amide bonds. The highest BCUT2D eigenvalue weighted by molar-refractivity contribution is 6.35. The normalized spacial score (nSPS) is 30.7. The second kappa shape index (κ2) is 7.02. The first kappa shape index (κ1) is 18.1. The van der Waals surface area contributed by atoms with Gasteiger partial charge in [-0.3, -0.25) is 9.59 Å². The number of nitrogens with zero attached hydrogens (tertiary/aromatic N) is 2. The molecule has 2 N–H and O–H groups in total. The number of hydrogen-bond donors (Lipinski definition) is 1. The van der Waals surface area contributed by atoms with Crippen molar-refractivity contribution >= 4 is 35.0 Å². The number of halogens is 2. The minimum Gasteiger partial charge on any atom is -0.339 e. The average Bonchev–Trinajstić information content (AvgIpc) is 3.21. The zero-order valence-electron chi connectivity index (χ0n) is 14.5. The Morgan fingerprint density at radius 3 is 2.08 bits per heavy atom. The van der Waals surface area contributed by atoms with Gasteiger partial charge in [0.15, 0.2) is 0 Å². The quantitative estimate of drug-likeness (QED) is 0.836. The van der Waals surface area contributed by atoms with Crippen LogP contribution in [0.2, 0.25) is 10.0 Å². The van der Waals surface area contributed by atoms with Crippen molar-refractivity contribution in [3.8, 4) is 0 Å². The molecule has 4 unspecified atom stereocenters. The standard InChI is InChI=1S/C19H23Cl2N3O2/c20-14-8-13(9-15(21)10-14)18(25)23-3-5-24(6-4-23)19(26)16-11-1-2-12(7-11)17(16)22/h8-12,16-17H,1-7,22H2. The molecule has 26 heavy (non-hydrogen) atoms. The van der Waals surface area contributed by atoms with E-state index in [0.29, 0.717) is 53.6 Å². The van der Waals surface area contributed by atoms with Crippen LogP contribution in [0.15, 0.2) is 18.2 Å². The first-order valence-corrected chi connectivity index (χ1v) is 9.99. The summed E-state index contributed by atoms with van der Waals surface area (Å²) in [5.74, 6) is 1.03. The Kier molecular flexibility index (Phi) is 4.88. The summed E-state index contributed by atoms with van der Waals surface area (Å²) in [6.45, 7) is 2.15. The summed E-state index contributed by atoms with van der Waals surface area (Å²) < 4.78 is 0. The molecule has 1 aromatic carbocycles. The van der Waals surface area contributed by atoms with E-state index in [-0.39, 0.29) is 23.8 Å². The molecule has 4 atom stereocenters. The van der Waals surface area contributed by atoms with Crippen LogP contribution in [0.1, 0.15) is 29.6 Å². The smallest absolute Gasteiger partial charge is 0.254 e. The summed E-state index contributed by atoms with van der Waals surface area (Å²) >= 11 is 12.0. The number of benzene rings is 1. The summed E-state index contributed by atoms with van der Waals surface area (Å²) in [5, 5.41) is 0.889. The van der Waals surface area contributed by atoms with Gasteiger partial charge in [-0.25, -0.2) is 0 Å². The predicted octanol–water partition coefficient (Wildman–Crippen LogP) is 2.65. The summed E-state index contributed by atoms with van der Waals surface area (Å²) in [5.41, 5.74) is 6.80. The molecule has 0 aromatic heterocycles. The van der Waals surface area contributed by atoms with Crippen molar-refractivity contribution in [3.05, 3.63) is 33.8 Å². The van der Waals surface area contributed by atoms with Crippen LogP contribution >= 0.6 is 23.2 Å². The van der Waals surface area contributed by atoms with E-state index in [2.05, 4.69) is 0 Å². The van der Waals surface area contributed by atoms with Crippen molar-refractivity contribution in [2.24, 2.45) is 23.5 Å². The van der Waals surface area contributed by atoms with Gasteiger partial charge >= 0.3 is 0 Å². The SMILES string of the molecule is NC1C2CCC(C2)C1C(=O)N1CCN(C(=O)c2cc(Cl)cc(Cl)c2)CC1. The second-order valence-electron chi connectivity index (χ2n) is 7.71. The molecule has 1 heterocycles. The lowest BCUT2D eigenvalue weighted by molar-refractivity contribution is -0.139. The summed E-state index contributed by atoms with van der Waals surface area (Å²) in [6, 6.07) is 4.87. The average molecular weight is 396 g/mol. The van der Waals surface area contributed by atoms with Gasteiger partial charge in [-0.1, -0.05) is 23.2 Å². The summed E-state index contributed by atoms with van der Waals surface area (Å²) in [7, 11) is 0. The fourth-order valence-corrected chi connectivity index (χ4v) is 5.43. The zero-order valence-corrected chi connectivity index (χ0v) is 16.0. The molecule has 1 aliphatic heterocycles. The monoisotopic (exact) mass is 395 g/mol. The highest BCUT2D eigenvalue weighted by Gasteiger charge is 2.50. The van der Waals surface area contributed by atoms with Crippen molar-refractivity contribution < 1.29 is 9.59 Å². The Balaban J connectivity index is 1.38. The number of carbonyl (C=O) groups is 2. The number of carbonyl (C=O) groups excluding carboxylic acids is 2. The molecule has 140 valence electrons. The fourth-order valence-electron chi connectivity index (χ4n) is 4.90. The third kappa shape index (κ3) is 3.21. The lowest BCUT2D eigenvalue weighted by Crippen LogP contribution is -2.54. The van der Waals surface area contributed by atoms with Crippen LogP contribution in [0.25, 0.3) is 0 Å². The topological polar surface area (TPSA) is 66.6 Å². The van der Waals surface area contributed by atoms with Gasteiger partial charge in [0.25, 0.3) is 5.91 Å². The van der Waals surface area contributed by atoms with Gasteiger partial charge in [0.2, 0.25) is 5.91 Å². The van der Waals surface area contributed by atoms with Crippen molar-refractivity contribution in [1.29, 1.82) is 0 Å². The van der Waals surface area contributed by atoms with Gasteiger partial charge in [0, 0.05) is 47.8 Å². The van der Waals surface area contributed by atoms with Gasteiger partial charge in [0.1, 0.15) is 0 Å². The van der Waals surface area contributed by atoms with Crippen LogP contribution in [0.3, 0.4) is 0 Å². The molecule has 2 saturated carbocycles. The molecule has 2 bridgehead atoms. The van der Waals surface area contributed by atoms with Gasteiger partial charge in [-0.05, 0) is 49.3 Å². The molecule has 0 radical (unpaired) electrons. The molecular formula is C19H23Cl2N3O2. The van der Waals surface area contributed by atoms with Gasteiger partial charge in [-0.2, -0.15) is 0 Å². The van der Waals surface area contributed by atoms with Gasteiger partial charge in [0.05, 0.1) is 5.92 Å². The maximum absolute atomic E-state index is 12.9. The van der Waals surface area contributed by atoms with Crippen LogP contribution in [0.4, 0.5) is 0 Å². The van der Waals surface area contributed by atoms with Gasteiger partial charge in [-0.15, -0.1) is 0 Å². The number of rotatable bonds is 2. The van der Waals surface area contributed by atoms with E-state index in [9.17, 15) is 9.59 Å². The van der Waals surface area contributed by atoms with E-state index in [1.165, 1.54) is 6.42 Å². The van der Waals surface area contributed by atoms with Crippen LogP contribution in [-0.4, -0.2) is 53.8 Å². The van der Waals surface area contributed by atoms with E-state index in [4.69, 9.17) is 28.9 Å². The van der Waals surface area contributed by atoms with Crippen molar-refractivity contribution in [2.45, 2.75) is 25.3 Å². The van der Waals surface area contributed by atoms with Crippen molar-refractivity contribution in [3.63, 3.8) is 0 Å². The molecule has 4 rings (SSSR count). The second-order valence-corrected chi connectivity index (χ2v) is 8.58. The number of piperazine rings is 1. The number of hydrogen-bond acceptors (Lipinski definition) is 3. The molecule has 1 aromatic rings. The van der Waals surface area contributed by atoms with Gasteiger partial charge < -0.3 is 15.5 Å². The lowest BCUT2D eigenvalue weighted by atomic mass is 9.84. The van der Waals surface area contributed by atoms with Crippen LogP contribution in [-0.2, 0) is 4.79 Å². The van der Waals surface area contributed by atoms with Crippen LogP contribution in [0, 0.1) is 17.8 Å². The minimum atomic E-state index is -0.0990. The van der Waals surface area contributed by atoms with Crippen LogP contribution < -0.4 is 5.73 Å². The first-order chi connectivity index (χ1) is 12.4. The fraction of sp³-hybridized carbons (Fsp3) is 0.579. The predicted molar refractivity (Wildman–Crippen MR) is 101 cm³/mol. The molecule has 0 spiro atoms. The van der Waals surface area contributed by atoms with E-state index < -0.39 is 0 Å². The largest absolute Gasteiger partial charge is 0.339 e. The molecule has 7 heteroatoms. The lowest BCUT2D eigenvalue weighted by Gasteiger charge is -2.38. The number of nitrogens with two attached hydrogens (primary N) is 1. The Bertz CT molecular complexity index is 711. The molecule has 1 saturated heterocycles. The molecule has 3 fully saturated rings. The number of fused-ring (bicyclic) bond motifs is 2. The van der Waals surface area contributed by atoms with E-state index in [1.54, 1.807) is 23.1 Å². The van der Waals surface area contributed by atoms with E-state index in [0.717, 1.165) is 12.8 Å². The molecular weight excluding hydrogens is 373 g/mol. The molecule has 2 aliphatic carbocycles. The first-order valence-electron chi connectivity index (χ1n) is 9.24. The Morgan fingerprint density at radius 2 is 1.50 bits per heavy atom. The Labute approximate surface area is 163 Å². The van der Waals surface area contributed by atoms with Crippen molar-refractivity contribution in [1.82, 2.24) is 9.80 Å². The third-order valence-corrected chi connectivity index (χ3v) is 6.69. The highest BCUT2D eigenvalue weighted by atomic mass is 35.5. The number of amides is 2. The molecule has 3 aliphatic rings. The summed E-state index contributed by atoms with van der Waals surface area (Å²) in [4.78, 5) is 29.3. The van der Waals surface area contributed by atoms with E-state index >= 15 is 0 Å². The van der Waals surface area contributed by atoms with Crippen LogP contribution in [0.5, 0.6) is 0 Å². The van der Waals surface area contributed by atoms with E-state index in [1.807, 2.05) is 4.90 Å². The highest BCUT2D eigenvalue weighted by Crippen LogP contribution is 2.48. The maximum atomic E-state index is 12.9. The Morgan fingerprint density at radius 1 is 0.923 bits per heavy atom. The minimum absolute atomic E-state index is 0.00881. The Hall–Kier alpha value is -1.30. The third-order valence-electron chi connectivity index (χ3n) is 6.25. The molecule has 5 nitrogen and oxygen atoms in total. The van der Waals surface area contributed by atoms with Crippen molar-refractivity contribution in [2.75, 3.05) is 26.2 Å². The summed E-state index contributed by atoms with van der Waals surface area (Å²) in [6.07, 6.45) is 3.40. The maximum Gasteiger partial charge on any atom is 0.254 e.